The lowest BCUT2D eigenvalue weighted by molar-refractivity contribution is 0.609. The van der Waals surface area contributed by atoms with Crippen LogP contribution in [0.2, 0.25) is 0 Å². The number of thiocarbonyl (C=S) groups is 1. The van der Waals surface area contributed by atoms with Gasteiger partial charge in [-0.1, -0.05) is 24.4 Å². The van der Waals surface area contributed by atoms with Crippen LogP contribution in [0.1, 0.15) is 34.9 Å². The molecule has 1 aromatic carbocycles. The first kappa shape index (κ1) is 12.6. The molecule has 4 heteroatoms. The Balaban J connectivity index is 1.90. The number of rotatable bonds is 3. The maximum Gasteiger partial charge on any atom is 0.106 e. The summed E-state index contributed by atoms with van der Waals surface area (Å²) in [4.78, 5) is 1.96. The van der Waals surface area contributed by atoms with Gasteiger partial charge in [-0.25, -0.2) is 0 Å². The van der Waals surface area contributed by atoms with Gasteiger partial charge in [0, 0.05) is 16.1 Å². The zero-order valence-electron chi connectivity index (χ0n) is 10.6. The number of hydrogen-bond acceptors (Lipinski definition) is 3. The van der Waals surface area contributed by atoms with E-state index >= 15 is 0 Å². The van der Waals surface area contributed by atoms with Gasteiger partial charge >= 0.3 is 0 Å². The van der Waals surface area contributed by atoms with Gasteiger partial charge in [0.15, 0.2) is 0 Å². The lowest BCUT2D eigenvalue weighted by Crippen LogP contribution is -2.19. The molecule has 0 radical (unpaired) electrons. The van der Waals surface area contributed by atoms with E-state index < -0.39 is 0 Å². The fourth-order valence-corrected chi connectivity index (χ4v) is 3.81. The minimum absolute atomic E-state index is 0.380. The summed E-state index contributed by atoms with van der Waals surface area (Å²) < 4.78 is 0. The van der Waals surface area contributed by atoms with Crippen LogP contribution in [0, 0.1) is 0 Å². The number of anilines is 1. The molecule has 3 N–H and O–H groups in total. The lowest BCUT2D eigenvalue weighted by Gasteiger charge is -2.25. The van der Waals surface area contributed by atoms with Crippen molar-refractivity contribution in [1.29, 1.82) is 0 Å². The van der Waals surface area contributed by atoms with Crippen molar-refractivity contribution in [1.82, 2.24) is 0 Å². The number of hydrogen-bond donors (Lipinski definition) is 2. The van der Waals surface area contributed by atoms with E-state index in [0.717, 1.165) is 17.7 Å². The Labute approximate surface area is 122 Å². The summed E-state index contributed by atoms with van der Waals surface area (Å²) in [5.74, 6) is 0. The SMILES string of the molecule is NC(=S)c1ccccc1NC1CCCc2sccc21. The number of aryl methyl sites for hydroxylation is 1. The molecule has 1 aliphatic rings. The summed E-state index contributed by atoms with van der Waals surface area (Å²) >= 11 is 6.98. The topological polar surface area (TPSA) is 38.0 Å². The van der Waals surface area contributed by atoms with E-state index in [1.54, 1.807) is 0 Å². The molecule has 0 saturated heterocycles. The molecule has 3 rings (SSSR count). The number of benzene rings is 1. The maximum atomic E-state index is 5.79. The zero-order chi connectivity index (χ0) is 13.2. The second-order valence-corrected chi connectivity index (χ2v) is 6.24. The largest absolute Gasteiger partial charge is 0.389 e. The van der Waals surface area contributed by atoms with E-state index in [1.807, 2.05) is 29.5 Å². The van der Waals surface area contributed by atoms with Crippen LogP contribution < -0.4 is 11.1 Å². The number of thiophene rings is 1. The predicted octanol–water partition coefficient (Wildman–Crippen LogP) is 3.87. The van der Waals surface area contributed by atoms with Crippen LogP contribution in [0.4, 0.5) is 5.69 Å². The van der Waals surface area contributed by atoms with E-state index in [1.165, 1.54) is 23.3 Å². The van der Waals surface area contributed by atoms with Gasteiger partial charge in [-0.05, 0) is 48.4 Å². The summed E-state index contributed by atoms with van der Waals surface area (Å²) in [5, 5.41) is 5.80. The third-order valence-electron chi connectivity index (χ3n) is 3.57. The highest BCUT2D eigenvalue weighted by molar-refractivity contribution is 7.80. The standard InChI is InChI=1S/C15H16N2S2/c16-15(18)11-4-1-2-5-13(11)17-12-6-3-7-14-10(12)8-9-19-14/h1-2,4-5,8-9,12,17H,3,6-7H2,(H2,16,18). The molecular formula is C15H16N2S2. The average molecular weight is 288 g/mol. The van der Waals surface area contributed by atoms with Crippen LogP contribution in [0.15, 0.2) is 35.7 Å². The van der Waals surface area contributed by atoms with Crippen LogP contribution in [0.25, 0.3) is 0 Å². The van der Waals surface area contributed by atoms with Gasteiger partial charge in [-0.3, -0.25) is 0 Å². The third kappa shape index (κ3) is 2.51. The molecule has 2 aromatic rings. The number of nitrogens with two attached hydrogens (primary N) is 1. The Morgan fingerprint density at radius 3 is 3.00 bits per heavy atom. The molecule has 0 saturated carbocycles. The fourth-order valence-electron chi connectivity index (χ4n) is 2.65. The van der Waals surface area contributed by atoms with E-state index in [0.29, 0.717) is 11.0 Å². The Morgan fingerprint density at radius 2 is 2.16 bits per heavy atom. The van der Waals surface area contributed by atoms with Crippen LogP contribution in [0.5, 0.6) is 0 Å². The number of fused-ring (bicyclic) bond motifs is 1. The molecule has 1 unspecified atom stereocenters. The molecule has 98 valence electrons. The molecule has 19 heavy (non-hydrogen) atoms. The molecule has 0 spiro atoms. The summed E-state index contributed by atoms with van der Waals surface area (Å²) in [6.07, 6.45) is 3.61. The van der Waals surface area contributed by atoms with Crippen molar-refractivity contribution in [3.8, 4) is 0 Å². The van der Waals surface area contributed by atoms with Gasteiger partial charge in [-0.15, -0.1) is 11.3 Å². The van der Waals surface area contributed by atoms with Crippen LogP contribution in [0.3, 0.4) is 0 Å². The number of nitrogens with one attached hydrogen (secondary N) is 1. The summed E-state index contributed by atoms with van der Waals surface area (Å²) in [5.41, 5.74) is 9.20. The van der Waals surface area contributed by atoms with Gasteiger partial charge < -0.3 is 11.1 Å². The molecule has 2 nitrogen and oxygen atoms in total. The highest BCUT2D eigenvalue weighted by atomic mass is 32.1. The molecule has 0 bridgehead atoms. The van der Waals surface area contributed by atoms with Gasteiger partial charge in [-0.2, -0.15) is 0 Å². The second-order valence-electron chi connectivity index (χ2n) is 4.80. The zero-order valence-corrected chi connectivity index (χ0v) is 12.2. The van der Waals surface area contributed by atoms with E-state index in [-0.39, 0.29) is 0 Å². The van der Waals surface area contributed by atoms with E-state index in [9.17, 15) is 0 Å². The van der Waals surface area contributed by atoms with Crippen LogP contribution in [-0.4, -0.2) is 4.99 Å². The summed E-state index contributed by atoms with van der Waals surface area (Å²) in [6, 6.07) is 10.6. The first-order valence-corrected chi connectivity index (χ1v) is 7.76. The first-order valence-electron chi connectivity index (χ1n) is 6.47. The van der Waals surface area contributed by atoms with Crippen LogP contribution in [-0.2, 0) is 6.42 Å². The van der Waals surface area contributed by atoms with Crippen molar-refractivity contribution < 1.29 is 0 Å². The molecule has 1 heterocycles. The summed E-state index contributed by atoms with van der Waals surface area (Å²) in [7, 11) is 0. The number of para-hydroxylation sites is 1. The van der Waals surface area contributed by atoms with Crippen molar-refractivity contribution in [2.24, 2.45) is 5.73 Å². The average Bonchev–Trinajstić information content (AvgIpc) is 2.88. The summed E-state index contributed by atoms with van der Waals surface area (Å²) in [6.45, 7) is 0. The van der Waals surface area contributed by atoms with Gasteiger partial charge in [0.2, 0.25) is 0 Å². The minimum Gasteiger partial charge on any atom is -0.389 e. The molecule has 1 aliphatic carbocycles. The van der Waals surface area contributed by atoms with Crippen LogP contribution >= 0.6 is 23.6 Å². The Morgan fingerprint density at radius 1 is 1.32 bits per heavy atom. The van der Waals surface area contributed by atoms with Gasteiger partial charge in [0.1, 0.15) is 4.99 Å². The van der Waals surface area contributed by atoms with Gasteiger partial charge in [0.25, 0.3) is 0 Å². The molecule has 0 aliphatic heterocycles. The highest BCUT2D eigenvalue weighted by Crippen LogP contribution is 2.36. The smallest absolute Gasteiger partial charge is 0.106 e. The predicted molar refractivity (Wildman–Crippen MR) is 86.0 cm³/mol. The first-order chi connectivity index (χ1) is 9.25. The van der Waals surface area contributed by atoms with Crippen molar-refractivity contribution >= 4 is 34.2 Å². The van der Waals surface area contributed by atoms with E-state index in [4.69, 9.17) is 18.0 Å². The maximum absolute atomic E-state index is 5.79. The normalized spacial score (nSPS) is 17.8. The molecule has 1 aromatic heterocycles. The van der Waals surface area contributed by atoms with Crippen molar-refractivity contribution in [3.05, 3.63) is 51.7 Å². The molecular weight excluding hydrogens is 272 g/mol. The van der Waals surface area contributed by atoms with Crippen molar-refractivity contribution in [2.75, 3.05) is 5.32 Å². The minimum atomic E-state index is 0.380. The fraction of sp³-hybridized carbons (Fsp3) is 0.267. The third-order valence-corrected chi connectivity index (χ3v) is 4.79. The Bertz CT molecular complexity index is 604. The van der Waals surface area contributed by atoms with Crippen molar-refractivity contribution in [2.45, 2.75) is 25.3 Å². The second kappa shape index (κ2) is 5.31. The molecule has 0 fully saturated rings. The monoisotopic (exact) mass is 288 g/mol. The van der Waals surface area contributed by atoms with E-state index in [2.05, 4.69) is 22.8 Å². The highest BCUT2D eigenvalue weighted by Gasteiger charge is 2.21. The van der Waals surface area contributed by atoms with Gasteiger partial charge in [0.05, 0.1) is 6.04 Å². The quantitative estimate of drug-likeness (QED) is 0.842. The Kier molecular flexibility index (Phi) is 3.53. The van der Waals surface area contributed by atoms with Crippen molar-refractivity contribution in [3.63, 3.8) is 0 Å². The lowest BCUT2D eigenvalue weighted by atomic mass is 9.93. The Hall–Kier alpha value is -1.39. The molecule has 0 amide bonds. The molecule has 1 atom stereocenters.